The molecule has 3 N–H and O–H groups in total. The third-order valence-corrected chi connectivity index (χ3v) is 6.43. The first-order chi connectivity index (χ1) is 10.1. The van der Waals surface area contributed by atoms with Crippen LogP contribution in [0.1, 0.15) is 36.4 Å². The first-order valence-electron chi connectivity index (χ1n) is 7.57. The second-order valence-electron chi connectivity index (χ2n) is 6.24. The molecule has 0 saturated carbocycles. The Morgan fingerprint density at radius 2 is 2.38 bits per heavy atom. The van der Waals surface area contributed by atoms with E-state index in [4.69, 9.17) is 22.2 Å². The van der Waals surface area contributed by atoms with Crippen LogP contribution in [0.25, 0.3) is 0 Å². The molecule has 1 aromatic rings. The third-order valence-electron chi connectivity index (χ3n) is 4.80. The fraction of sp³-hybridized carbons (Fsp3) is 0.625. The summed E-state index contributed by atoms with van der Waals surface area (Å²) < 4.78 is 6.11. The molecule has 1 spiro atoms. The normalized spacial score (nSPS) is 30.7. The van der Waals surface area contributed by atoms with Crippen molar-refractivity contribution >= 4 is 23.4 Å². The highest BCUT2D eigenvalue weighted by molar-refractivity contribution is 7.99. The minimum Gasteiger partial charge on any atom is -0.374 e. The molecule has 2 fully saturated rings. The van der Waals surface area contributed by atoms with Crippen LogP contribution in [0.2, 0.25) is 5.02 Å². The van der Waals surface area contributed by atoms with Crippen LogP contribution in [0.15, 0.2) is 18.2 Å². The van der Waals surface area contributed by atoms with Gasteiger partial charge in [-0.25, -0.2) is 0 Å². The number of halogens is 1. The lowest BCUT2D eigenvalue weighted by Crippen LogP contribution is -2.45. The summed E-state index contributed by atoms with van der Waals surface area (Å²) in [6.45, 7) is 2.86. The van der Waals surface area contributed by atoms with Crippen molar-refractivity contribution in [2.75, 3.05) is 18.1 Å². The molecular formula is C16H23ClN2OS. The van der Waals surface area contributed by atoms with Gasteiger partial charge in [0.15, 0.2) is 0 Å². The molecule has 0 radical (unpaired) electrons. The number of ether oxygens (including phenoxy) is 1. The predicted molar refractivity (Wildman–Crippen MR) is 89.6 cm³/mol. The molecule has 0 amide bonds. The molecule has 2 aliphatic heterocycles. The fourth-order valence-electron chi connectivity index (χ4n) is 3.52. The van der Waals surface area contributed by atoms with Gasteiger partial charge in [0.05, 0.1) is 5.60 Å². The highest BCUT2D eigenvalue weighted by Gasteiger charge is 2.42. The second kappa shape index (κ2) is 6.47. The number of hydrazine groups is 1. The van der Waals surface area contributed by atoms with Gasteiger partial charge in [-0.1, -0.05) is 23.7 Å². The third kappa shape index (κ3) is 3.25. The average molecular weight is 327 g/mol. The molecule has 1 aromatic carbocycles. The second-order valence-corrected chi connectivity index (χ2v) is 7.75. The Kier molecular flexibility index (Phi) is 4.81. The highest BCUT2D eigenvalue weighted by Crippen LogP contribution is 2.44. The molecule has 2 saturated heterocycles. The number of thioether (sulfide) groups is 1. The maximum absolute atomic E-state index is 6.28. The van der Waals surface area contributed by atoms with E-state index in [0.29, 0.717) is 5.92 Å². The molecule has 3 unspecified atom stereocenters. The van der Waals surface area contributed by atoms with Gasteiger partial charge in [-0.2, -0.15) is 11.8 Å². The van der Waals surface area contributed by atoms with Gasteiger partial charge in [-0.05, 0) is 55.1 Å². The van der Waals surface area contributed by atoms with Crippen LogP contribution in [0.3, 0.4) is 0 Å². The van der Waals surface area contributed by atoms with Crippen molar-refractivity contribution in [3.63, 3.8) is 0 Å². The number of nitrogens with two attached hydrogens (primary N) is 1. The lowest BCUT2D eigenvalue weighted by atomic mass is 9.79. The summed E-state index contributed by atoms with van der Waals surface area (Å²) in [4.78, 5) is 0. The summed E-state index contributed by atoms with van der Waals surface area (Å²) in [7, 11) is 0. The molecule has 2 aliphatic rings. The molecule has 0 aromatic heterocycles. The van der Waals surface area contributed by atoms with E-state index in [1.807, 2.05) is 24.8 Å². The SMILES string of the molecule is Cc1ccc(C(NN)C2CCOC3(CCSC3)C2)cc1Cl. The van der Waals surface area contributed by atoms with Crippen molar-refractivity contribution < 1.29 is 4.74 Å². The van der Waals surface area contributed by atoms with Gasteiger partial charge >= 0.3 is 0 Å². The Morgan fingerprint density at radius 1 is 1.52 bits per heavy atom. The Labute approximate surface area is 135 Å². The van der Waals surface area contributed by atoms with Crippen LogP contribution in [0.4, 0.5) is 0 Å². The summed E-state index contributed by atoms with van der Waals surface area (Å²) in [6, 6.07) is 6.40. The summed E-state index contributed by atoms with van der Waals surface area (Å²) in [5, 5.41) is 0.811. The zero-order chi connectivity index (χ0) is 14.9. The molecule has 3 nitrogen and oxygen atoms in total. The molecule has 5 heteroatoms. The quantitative estimate of drug-likeness (QED) is 0.659. The zero-order valence-corrected chi connectivity index (χ0v) is 14.0. The van der Waals surface area contributed by atoms with Crippen molar-refractivity contribution in [3.05, 3.63) is 34.3 Å². The molecule has 116 valence electrons. The molecule has 0 bridgehead atoms. The van der Waals surface area contributed by atoms with E-state index >= 15 is 0 Å². The van der Waals surface area contributed by atoms with E-state index in [-0.39, 0.29) is 11.6 Å². The minimum absolute atomic E-state index is 0.0805. The van der Waals surface area contributed by atoms with E-state index in [2.05, 4.69) is 17.6 Å². The lowest BCUT2D eigenvalue weighted by Gasteiger charge is -2.41. The molecular weight excluding hydrogens is 304 g/mol. The van der Waals surface area contributed by atoms with Gasteiger partial charge in [0, 0.05) is 23.4 Å². The Morgan fingerprint density at radius 3 is 3.05 bits per heavy atom. The van der Waals surface area contributed by atoms with Gasteiger partial charge < -0.3 is 4.74 Å². The molecule has 3 atom stereocenters. The summed E-state index contributed by atoms with van der Waals surface area (Å²) in [6.07, 6.45) is 3.30. The van der Waals surface area contributed by atoms with Crippen LogP contribution in [0.5, 0.6) is 0 Å². The number of nitrogens with one attached hydrogen (secondary N) is 1. The fourth-order valence-corrected chi connectivity index (χ4v) is 5.09. The standard InChI is InChI=1S/C16H23ClN2OS/c1-11-2-3-12(8-14(11)17)15(19-18)13-4-6-20-16(9-13)5-7-21-10-16/h2-3,8,13,15,19H,4-7,9-10,18H2,1H3. The Hall–Kier alpha value is -0.260. The largest absolute Gasteiger partial charge is 0.374 e. The van der Waals surface area contributed by atoms with Crippen LogP contribution in [-0.2, 0) is 4.74 Å². The van der Waals surface area contributed by atoms with Crippen molar-refractivity contribution in [2.45, 2.75) is 37.8 Å². The van der Waals surface area contributed by atoms with Crippen molar-refractivity contribution in [1.82, 2.24) is 5.43 Å². The highest BCUT2D eigenvalue weighted by atomic mass is 35.5. The molecule has 0 aliphatic carbocycles. The van der Waals surface area contributed by atoms with Crippen LogP contribution >= 0.6 is 23.4 Å². The monoisotopic (exact) mass is 326 g/mol. The zero-order valence-electron chi connectivity index (χ0n) is 12.4. The van der Waals surface area contributed by atoms with Crippen LogP contribution in [0, 0.1) is 12.8 Å². The van der Waals surface area contributed by atoms with Gasteiger partial charge in [-0.3, -0.25) is 11.3 Å². The number of hydrogen-bond donors (Lipinski definition) is 2. The molecule has 2 heterocycles. The van der Waals surface area contributed by atoms with Gasteiger partial charge in [0.25, 0.3) is 0 Å². The molecule has 3 rings (SSSR count). The Balaban J connectivity index is 1.80. The molecule has 21 heavy (non-hydrogen) atoms. The maximum Gasteiger partial charge on any atom is 0.0783 e. The smallest absolute Gasteiger partial charge is 0.0783 e. The van der Waals surface area contributed by atoms with Gasteiger partial charge in [0.2, 0.25) is 0 Å². The van der Waals surface area contributed by atoms with E-state index in [1.54, 1.807) is 0 Å². The van der Waals surface area contributed by atoms with Gasteiger partial charge in [-0.15, -0.1) is 0 Å². The maximum atomic E-state index is 6.28. The van der Waals surface area contributed by atoms with Crippen LogP contribution in [-0.4, -0.2) is 23.7 Å². The van der Waals surface area contributed by atoms with E-state index in [1.165, 1.54) is 17.7 Å². The first-order valence-corrected chi connectivity index (χ1v) is 9.11. The lowest BCUT2D eigenvalue weighted by molar-refractivity contribution is -0.0854. The van der Waals surface area contributed by atoms with Crippen molar-refractivity contribution in [1.29, 1.82) is 0 Å². The number of rotatable bonds is 3. The van der Waals surface area contributed by atoms with E-state index in [0.717, 1.165) is 35.8 Å². The van der Waals surface area contributed by atoms with Crippen molar-refractivity contribution in [3.8, 4) is 0 Å². The summed E-state index contributed by atoms with van der Waals surface area (Å²) in [5.41, 5.74) is 5.39. The average Bonchev–Trinajstić information content (AvgIpc) is 2.91. The number of benzene rings is 1. The predicted octanol–water partition coefficient (Wildman–Crippen LogP) is 3.46. The number of hydrogen-bond acceptors (Lipinski definition) is 4. The number of aryl methyl sites for hydroxylation is 1. The minimum atomic E-state index is 0.0805. The van der Waals surface area contributed by atoms with Crippen molar-refractivity contribution in [2.24, 2.45) is 11.8 Å². The van der Waals surface area contributed by atoms with E-state index < -0.39 is 0 Å². The van der Waals surface area contributed by atoms with Gasteiger partial charge in [0.1, 0.15) is 0 Å². The summed E-state index contributed by atoms with van der Waals surface area (Å²) >= 11 is 8.28. The first kappa shape index (κ1) is 15.6. The topological polar surface area (TPSA) is 47.3 Å². The Bertz CT molecular complexity index is 505. The summed E-state index contributed by atoms with van der Waals surface area (Å²) in [5.74, 6) is 8.71. The van der Waals surface area contributed by atoms with Crippen LogP contribution < -0.4 is 11.3 Å². The van der Waals surface area contributed by atoms with E-state index in [9.17, 15) is 0 Å².